The fourth-order valence-electron chi connectivity index (χ4n) is 1.95. The first-order valence-electron chi connectivity index (χ1n) is 6.36. The molecule has 0 fully saturated rings. The Hall–Kier alpha value is -2.00. The molecule has 1 aromatic carbocycles. The van der Waals surface area contributed by atoms with Crippen LogP contribution in [0.2, 0.25) is 0 Å². The number of nitrogens with one attached hydrogen (secondary N) is 1. The number of nitrogens with zero attached hydrogens (tertiary/aromatic N) is 3. The normalized spacial score (nSPS) is 10.3. The SMILES string of the molecule is CCCn1nc(C)c(N)c1Nc1ccc(Br)cc1C#N. The predicted molar refractivity (Wildman–Crippen MR) is 83.8 cm³/mol. The second-order valence-corrected chi connectivity index (χ2v) is 5.41. The number of nitrogen functional groups attached to an aromatic ring is 1. The van der Waals surface area contributed by atoms with Crippen LogP contribution in [0.25, 0.3) is 0 Å². The third-order valence-electron chi connectivity index (χ3n) is 2.96. The quantitative estimate of drug-likeness (QED) is 0.896. The minimum atomic E-state index is 0.556. The van der Waals surface area contributed by atoms with Crippen LogP contribution in [-0.2, 0) is 6.54 Å². The van der Waals surface area contributed by atoms with Crippen molar-refractivity contribution in [1.29, 1.82) is 5.26 Å². The maximum Gasteiger partial charge on any atom is 0.152 e. The third-order valence-corrected chi connectivity index (χ3v) is 3.46. The lowest BCUT2D eigenvalue weighted by molar-refractivity contribution is 0.605. The number of halogens is 1. The number of anilines is 3. The summed E-state index contributed by atoms with van der Waals surface area (Å²) in [4.78, 5) is 0. The van der Waals surface area contributed by atoms with Crippen LogP contribution >= 0.6 is 15.9 Å². The van der Waals surface area contributed by atoms with E-state index in [-0.39, 0.29) is 0 Å². The average molecular weight is 334 g/mol. The second kappa shape index (κ2) is 5.97. The fraction of sp³-hybridized carbons (Fsp3) is 0.286. The van der Waals surface area contributed by atoms with E-state index in [2.05, 4.69) is 39.3 Å². The number of aromatic nitrogens is 2. The molecule has 6 heteroatoms. The molecule has 0 radical (unpaired) electrons. The van der Waals surface area contributed by atoms with Crippen molar-refractivity contribution in [2.45, 2.75) is 26.8 Å². The molecule has 0 aliphatic rings. The van der Waals surface area contributed by atoms with Gasteiger partial charge in [-0.3, -0.25) is 0 Å². The lowest BCUT2D eigenvalue weighted by Crippen LogP contribution is -2.06. The Bertz CT molecular complexity index is 669. The van der Waals surface area contributed by atoms with E-state index in [1.807, 2.05) is 23.7 Å². The Morgan fingerprint density at radius 3 is 2.90 bits per heavy atom. The summed E-state index contributed by atoms with van der Waals surface area (Å²) in [5.74, 6) is 0.739. The molecular weight excluding hydrogens is 318 g/mol. The van der Waals surface area contributed by atoms with Crippen molar-refractivity contribution in [3.8, 4) is 6.07 Å². The van der Waals surface area contributed by atoms with Crippen LogP contribution in [0.3, 0.4) is 0 Å². The van der Waals surface area contributed by atoms with E-state index in [4.69, 9.17) is 5.73 Å². The molecular formula is C14H16BrN5. The van der Waals surface area contributed by atoms with Crippen molar-refractivity contribution in [2.24, 2.45) is 0 Å². The Morgan fingerprint density at radius 1 is 1.50 bits per heavy atom. The van der Waals surface area contributed by atoms with E-state index in [1.54, 1.807) is 6.07 Å². The number of nitrogens with two attached hydrogens (primary N) is 1. The zero-order chi connectivity index (χ0) is 14.7. The molecule has 0 amide bonds. The van der Waals surface area contributed by atoms with E-state index >= 15 is 0 Å². The number of hydrogen-bond acceptors (Lipinski definition) is 4. The van der Waals surface area contributed by atoms with Crippen molar-refractivity contribution in [3.63, 3.8) is 0 Å². The summed E-state index contributed by atoms with van der Waals surface area (Å²) in [6.07, 6.45) is 0.959. The summed E-state index contributed by atoms with van der Waals surface area (Å²) >= 11 is 3.36. The Kier molecular flexibility index (Phi) is 4.30. The summed E-state index contributed by atoms with van der Waals surface area (Å²) in [7, 11) is 0. The summed E-state index contributed by atoms with van der Waals surface area (Å²) in [6, 6.07) is 7.67. The molecule has 5 nitrogen and oxygen atoms in total. The monoisotopic (exact) mass is 333 g/mol. The molecule has 20 heavy (non-hydrogen) atoms. The van der Waals surface area contributed by atoms with Crippen LogP contribution in [-0.4, -0.2) is 9.78 Å². The van der Waals surface area contributed by atoms with Gasteiger partial charge in [0.15, 0.2) is 5.82 Å². The maximum absolute atomic E-state index is 9.20. The average Bonchev–Trinajstić information content (AvgIpc) is 2.69. The summed E-state index contributed by atoms with van der Waals surface area (Å²) in [5.41, 5.74) is 8.75. The van der Waals surface area contributed by atoms with Crippen LogP contribution in [0, 0.1) is 18.3 Å². The minimum absolute atomic E-state index is 0.556. The van der Waals surface area contributed by atoms with Crippen molar-refractivity contribution in [3.05, 3.63) is 33.9 Å². The van der Waals surface area contributed by atoms with Crippen LogP contribution < -0.4 is 11.1 Å². The number of hydrogen-bond donors (Lipinski definition) is 2. The molecule has 0 aliphatic carbocycles. The highest BCUT2D eigenvalue weighted by Gasteiger charge is 2.13. The van der Waals surface area contributed by atoms with Crippen LogP contribution in [0.1, 0.15) is 24.6 Å². The van der Waals surface area contributed by atoms with Gasteiger partial charge in [0, 0.05) is 11.0 Å². The minimum Gasteiger partial charge on any atom is -0.394 e. The van der Waals surface area contributed by atoms with Gasteiger partial charge in [0.05, 0.1) is 22.6 Å². The summed E-state index contributed by atoms with van der Waals surface area (Å²) in [5, 5.41) is 16.8. The molecule has 0 bridgehead atoms. The largest absolute Gasteiger partial charge is 0.394 e. The highest BCUT2D eigenvalue weighted by molar-refractivity contribution is 9.10. The molecule has 0 aliphatic heterocycles. The van der Waals surface area contributed by atoms with Gasteiger partial charge >= 0.3 is 0 Å². The van der Waals surface area contributed by atoms with E-state index in [0.29, 0.717) is 11.3 Å². The molecule has 2 rings (SSSR count). The van der Waals surface area contributed by atoms with Crippen LogP contribution in [0.15, 0.2) is 22.7 Å². The zero-order valence-electron chi connectivity index (χ0n) is 11.4. The highest BCUT2D eigenvalue weighted by Crippen LogP contribution is 2.29. The number of nitriles is 1. The summed E-state index contributed by atoms with van der Waals surface area (Å²) in [6.45, 7) is 4.73. The van der Waals surface area contributed by atoms with E-state index in [1.165, 1.54) is 0 Å². The number of benzene rings is 1. The number of aryl methyl sites for hydroxylation is 2. The molecule has 0 unspecified atom stereocenters. The van der Waals surface area contributed by atoms with Gasteiger partial charge < -0.3 is 11.1 Å². The smallest absolute Gasteiger partial charge is 0.152 e. The zero-order valence-corrected chi connectivity index (χ0v) is 13.0. The lowest BCUT2D eigenvalue weighted by Gasteiger charge is -2.11. The van der Waals surface area contributed by atoms with Crippen LogP contribution in [0.4, 0.5) is 17.2 Å². The van der Waals surface area contributed by atoms with E-state index in [9.17, 15) is 5.26 Å². The first-order valence-corrected chi connectivity index (χ1v) is 7.15. The molecule has 2 aromatic rings. The molecule has 0 saturated carbocycles. The van der Waals surface area contributed by atoms with Crippen LogP contribution in [0.5, 0.6) is 0 Å². The van der Waals surface area contributed by atoms with Crippen molar-refractivity contribution < 1.29 is 0 Å². The van der Waals surface area contributed by atoms with Gasteiger partial charge in [-0.25, -0.2) is 4.68 Å². The molecule has 0 saturated heterocycles. The predicted octanol–water partition coefficient (Wildman–Crippen LogP) is 3.56. The summed E-state index contributed by atoms with van der Waals surface area (Å²) < 4.78 is 2.71. The van der Waals surface area contributed by atoms with Gasteiger partial charge in [-0.15, -0.1) is 0 Å². The molecule has 0 atom stereocenters. The molecule has 1 aromatic heterocycles. The molecule has 104 valence electrons. The Morgan fingerprint density at radius 2 is 2.25 bits per heavy atom. The van der Waals surface area contributed by atoms with Gasteiger partial charge in [0.25, 0.3) is 0 Å². The van der Waals surface area contributed by atoms with E-state index < -0.39 is 0 Å². The standard InChI is InChI=1S/C14H16BrN5/c1-3-6-20-14(13(17)9(2)19-20)18-12-5-4-11(15)7-10(12)8-16/h4-5,7,18H,3,6,17H2,1-2H3. The van der Waals surface area contributed by atoms with Gasteiger partial charge in [0.1, 0.15) is 6.07 Å². The lowest BCUT2D eigenvalue weighted by atomic mass is 10.2. The van der Waals surface area contributed by atoms with Crippen molar-refractivity contribution >= 4 is 33.1 Å². The van der Waals surface area contributed by atoms with Gasteiger partial charge in [-0.1, -0.05) is 22.9 Å². The first kappa shape index (κ1) is 14.4. The molecule has 0 spiro atoms. The van der Waals surface area contributed by atoms with E-state index in [0.717, 1.165) is 34.6 Å². The van der Waals surface area contributed by atoms with Gasteiger partial charge in [-0.05, 0) is 31.5 Å². The number of rotatable bonds is 4. The fourth-order valence-corrected chi connectivity index (χ4v) is 2.31. The Balaban J connectivity index is 2.42. The first-order chi connectivity index (χ1) is 9.56. The highest BCUT2D eigenvalue weighted by atomic mass is 79.9. The van der Waals surface area contributed by atoms with Crippen molar-refractivity contribution in [1.82, 2.24) is 9.78 Å². The Labute approximate surface area is 126 Å². The molecule has 1 heterocycles. The van der Waals surface area contributed by atoms with Gasteiger partial charge in [0.2, 0.25) is 0 Å². The third kappa shape index (κ3) is 2.78. The molecule has 3 N–H and O–H groups in total. The van der Waals surface area contributed by atoms with Gasteiger partial charge in [-0.2, -0.15) is 10.4 Å². The topological polar surface area (TPSA) is 79.7 Å². The van der Waals surface area contributed by atoms with Crippen molar-refractivity contribution in [2.75, 3.05) is 11.1 Å². The second-order valence-electron chi connectivity index (χ2n) is 4.50. The maximum atomic E-state index is 9.20.